The number of hydrogen-bond acceptors (Lipinski definition) is 5. The third kappa shape index (κ3) is 4.10. The van der Waals surface area contributed by atoms with E-state index in [0.717, 1.165) is 57.8 Å². The first-order valence-electron chi connectivity index (χ1n) is 8.46. The highest BCUT2D eigenvalue weighted by Crippen LogP contribution is 2.21. The summed E-state index contributed by atoms with van der Waals surface area (Å²) in [6.07, 6.45) is 2.39. The molecule has 0 aliphatic carbocycles. The number of carbonyl (C=O) groups excluding carboxylic acids is 1. The second kappa shape index (κ2) is 7.72. The molecule has 2 heterocycles. The molecule has 7 nitrogen and oxygen atoms in total. The first kappa shape index (κ1) is 16.9. The lowest BCUT2D eigenvalue weighted by Gasteiger charge is -2.33. The van der Waals surface area contributed by atoms with E-state index in [2.05, 4.69) is 4.90 Å². The van der Waals surface area contributed by atoms with Crippen LogP contribution in [0.25, 0.3) is 0 Å². The predicted octanol–water partition coefficient (Wildman–Crippen LogP) is 1.46. The van der Waals surface area contributed by atoms with Crippen LogP contribution in [0.4, 0.5) is 5.69 Å². The molecule has 1 aromatic carbocycles. The maximum absolute atomic E-state index is 12.6. The average molecular weight is 333 g/mol. The van der Waals surface area contributed by atoms with Gasteiger partial charge < -0.3 is 9.64 Å². The van der Waals surface area contributed by atoms with Crippen molar-refractivity contribution in [3.63, 3.8) is 0 Å². The molecular formula is C17H23N3O4. The molecule has 0 saturated carbocycles. The largest absolute Gasteiger partial charge is 0.379 e. The fourth-order valence-corrected chi connectivity index (χ4v) is 3.45. The second-order valence-electron chi connectivity index (χ2n) is 6.40. The van der Waals surface area contributed by atoms with Crippen LogP contribution in [0.2, 0.25) is 0 Å². The fourth-order valence-electron chi connectivity index (χ4n) is 3.45. The summed E-state index contributed by atoms with van der Waals surface area (Å²) < 4.78 is 5.37. The van der Waals surface area contributed by atoms with Crippen molar-refractivity contribution in [1.29, 1.82) is 0 Å². The van der Waals surface area contributed by atoms with E-state index in [4.69, 9.17) is 4.74 Å². The molecular weight excluding hydrogens is 310 g/mol. The maximum Gasteiger partial charge on any atom is 0.269 e. The predicted molar refractivity (Wildman–Crippen MR) is 88.8 cm³/mol. The zero-order chi connectivity index (χ0) is 16.9. The number of hydrogen-bond donors (Lipinski definition) is 0. The Hall–Kier alpha value is -1.99. The van der Waals surface area contributed by atoms with Crippen LogP contribution in [-0.2, 0) is 16.0 Å². The van der Waals surface area contributed by atoms with Gasteiger partial charge in [-0.15, -0.1) is 0 Å². The molecule has 0 bridgehead atoms. The van der Waals surface area contributed by atoms with Crippen LogP contribution in [0.1, 0.15) is 18.4 Å². The maximum atomic E-state index is 12.6. The lowest BCUT2D eigenvalue weighted by atomic mass is 10.1. The molecule has 1 atom stereocenters. The summed E-state index contributed by atoms with van der Waals surface area (Å²) in [4.78, 5) is 27.3. The number of nitro groups is 1. The molecule has 0 radical (unpaired) electrons. The van der Waals surface area contributed by atoms with Crippen LogP contribution in [0.5, 0.6) is 0 Å². The van der Waals surface area contributed by atoms with Crippen LogP contribution in [0.15, 0.2) is 24.3 Å². The number of likely N-dealkylation sites (tertiary alicyclic amines) is 1. The van der Waals surface area contributed by atoms with Gasteiger partial charge in [-0.3, -0.25) is 19.8 Å². The molecule has 3 rings (SSSR count). The van der Waals surface area contributed by atoms with Crippen LogP contribution in [0, 0.1) is 10.1 Å². The quantitative estimate of drug-likeness (QED) is 0.602. The molecule has 0 aromatic heterocycles. The molecule has 1 aromatic rings. The summed E-state index contributed by atoms with van der Waals surface area (Å²) in [5.74, 6) is 0.111. The van der Waals surface area contributed by atoms with E-state index in [1.807, 2.05) is 4.90 Å². The van der Waals surface area contributed by atoms with Crippen LogP contribution in [-0.4, -0.2) is 66.1 Å². The number of nitrogens with zero attached hydrogens (tertiary/aromatic N) is 3. The summed E-state index contributed by atoms with van der Waals surface area (Å²) in [5.41, 5.74) is 0.875. The van der Waals surface area contributed by atoms with Crippen molar-refractivity contribution in [2.24, 2.45) is 0 Å². The molecule has 2 aliphatic heterocycles. The third-order valence-corrected chi connectivity index (χ3v) is 4.77. The molecule has 130 valence electrons. The summed E-state index contributed by atoms with van der Waals surface area (Å²) in [6, 6.07) is 6.52. The summed E-state index contributed by atoms with van der Waals surface area (Å²) in [5, 5.41) is 10.7. The lowest BCUT2D eigenvalue weighted by Crippen LogP contribution is -2.47. The number of ether oxygens (including phenoxy) is 1. The Labute approximate surface area is 141 Å². The van der Waals surface area contributed by atoms with Crippen LogP contribution < -0.4 is 0 Å². The smallest absolute Gasteiger partial charge is 0.269 e. The molecule has 0 spiro atoms. The van der Waals surface area contributed by atoms with Crippen molar-refractivity contribution in [3.8, 4) is 0 Å². The monoisotopic (exact) mass is 333 g/mol. The number of morpholine rings is 1. The fraction of sp³-hybridized carbons (Fsp3) is 0.588. The Kier molecular flexibility index (Phi) is 5.42. The molecule has 1 amide bonds. The lowest BCUT2D eigenvalue weighted by molar-refractivity contribution is -0.384. The number of amides is 1. The highest BCUT2D eigenvalue weighted by Gasteiger charge is 2.30. The Morgan fingerprint density at radius 2 is 1.92 bits per heavy atom. The standard InChI is InChI=1S/C17H23N3O4/c21-17(12-14-3-5-15(6-4-14)20(22)23)19-7-1-2-16(19)13-18-8-10-24-11-9-18/h3-6,16H,1-2,7-13H2/t16-/m0/s1. The van der Waals surface area contributed by atoms with E-state index in [-0.39, 0.29) is 17.6 Å². The van der Waals surface area contributed by atoms with E-state index < -0.39 is 4.92 Å². The Bertz CT molecular complexity index is 584. The van der Waals surface area contributed by atoms with Crippen LogP contribution >= 0.6 is 0 Å². The van der Waals surface area contributed by atoms with Gasteiger partial charge in [-0.1, -0.05) is 12.1 Å². The minimum absolute atomic E-state index is 0.0533. The van der Waals surface area contributed by atoms with Crippen molar-refractivity contribution in [3.05, 3.63) is 39.9 Å². The number of rotatable bonds is 5. The number of nitro benzene ring substituents is 1. The van der Waals surface area contributed by atoms with Crippen molar-refractivity contribution in [1.82, 2.24) is 9.80 Å². The first-order chi connectivity index (χ1) is 11.6. The second-order valence-corrected chi connectivity index (χ2v) is 6.40. The van der Waals surface area contributed by atoms with E-state index in [0.29, 0.717) is 6.42 Å². The van der Waals surface area contributed by atoms with Crippen LogP contribution in [0.3, 0.4) is 0 Å². The molecule has 2 fully saturated rings. The van der Waals surface area contributed by atoms with Crippen molar-refractivity contribution in [2.75, 3.05) is 39.4 Å². The van der Waals surface area contributed by atoms with Gasteiger partial charge in [0.15, 0.2) is 0 Å². The third-order valence-electron chi connectivity index (χ3n) is 4.77. The van der Waals surface area contributed by atoms with Gasteiger partial charge in [0.25, 0.3) is 5.69 Å². The van der Waals surface area contributed by atoms with Gasteiger partial charge in [-0.05, 0) is 18.4 Å². The van der Waals surface area contributed by atoms with Gasteiger partial charge in [0.1, 0.15) is 0 Å². The summed E-state index contributed by atoms with van der Waals surface area (Å²) in [7, 11) is 0. The minimum Gasteiger partial charge on any atom is -0.379 e. The van der Waals surface area contributed by atoms with Crippen molar-refractivity contribution in [2.45, 2.75) is 25.3 Å². The summed E-state index contributed by atoms with van der Waals surface area (Å²) >= 11 is 0. The topological polar surface area (TPSA) is 75.9 Å². The highest BCUT2D eigenvalue weighted by molar-refractivity contribution is 5.79. The number of carbonyl (C=O) groups is 1. The SMILES string of the molecule is O=C(Cc1ccc([N+](=O)[O-])cc1)N1CCC[C@H]1CN1CCOCC1. The van der Waals surface area contributed by atoms with Gasteiger partial charge in [0.2, 0.25) is 5.91 Å². The van der Waals surface area contributed by atoms with Gasteiger partial charge in [-0.2, -0.15) is 0 Å². The Balaban J connectivity index is 1.57. The number of benzene rings is 1. The Morgan fingerprint density at radius 1 is 1.21 bits per heavy atom. The van der Waals surface area contributed by atoms with E-state index in [1.54, 1.807) is 12.1 Å². The van der Waals surface area contributed by atoms with Crippen molar-refractivity contribution >= 4 is 11.6 Å². The zero-order valence-electron chi connectivity index (χ0n) is 13.7. The summed E-state index contributed by atoms with van der Waals surface area (Å²) in [6.45, 7) is 5.12. The van der Waals surface area contributed by atoms with E-state index in [1.165, 1.54) is 12.1 Å². The minimum atomic E-state index is -0.426. The molecule has 2 aliphatic rings. The van der Waals surface area contributed by atoms with Gasteiger partial charge in [0, 0.05) is 44.4 Å². The molecule has 7 heteroatoms. The molecule has 24 heavy (non-hydrogen) atoms. The van der Waals surface area contributed by atoms with Gasteiger partial charge in [-0.25, -0.2) is 0 Å². The van der Waals surface area contributed by atoms with E-state index in [9.17, 15) is 14.9 Å². The van der Waals surface area contributed by atoms with Crippen molar-refractivity contribution < 1.29 is 14.5 Å². The molecule has 0 N–H and O–H groups in total. The first-order valence-corrected chi connectivity index (χ1v) is 8.46. The molecule has 2 saturated heterocycles. The van der Waals surface area contributed by atoms with E-state index >= 15 is 0 Å². The zero-order valence-corrected chi connectivity index (χ0v) is 13.7. The van der Waals surface area contributed by atoms with Gasteiger partial charge in [0.05, 0.1) is 24.6 Å². The molecule has 0 unspecified atom stereocenters. The normalized spacial score (nSPS) is 21.8. The van der Waals surface area contributed by atoms with Gasteiger partial charge >= 0.3 is 0 Å². The highest BCUT2D eigenvalue weighted by atomic mass is 16.6. The Morgan fingerprint density at radius 3 is 2.58 bits per heavy atom. The average Bonchev–Trinajstić information content (AvgIpc) is 3.04. The number of non-ortho nitro benzene ring substituents is 1.